The van der Waals surface area contributed by atoms with E-state index in [1.54, 1.807) is 11.3 Å². The normalized spacial score (nSPS) is 14.0. The summed E-state index contributed by atoms with van der Waals surface area (Å²) in [5, 5.41) is 10.8. The maximum absolute atomic E-state index is 5.90. The van der Waals surface area contributed by atoms with Gasteiger partial charge < -0.3 is 11.1 Å². The molecule has 1 aliphatic carbocycles. The average molecular weight is 363 g/mol. The van der Waals surface area contributed by atoms with Gasteiger partial charge in [0.15, 0.2) is 5.82 Å². The molecule has 0 bridgehead atoms. The third-order valence-electron chi connectivity index (χ3n) is 4.59. The predicted molar refractivity (Wildman–Crippen MR) is 104 cm³/mol. The lowest BCUT2D eigenvalue weighted by Crippen LogP contribution is -2.05. The first-order valence-corrected chi connectivity index (χ1v) is 9.35. The summed E-state index contributed by atoms with van der Waals surface area (Å²) in [5.74, 6) is 2.26. The lowest BCUT2D eigenvalue weighted by molar-refractivity contribution is 0.966. The number of nitrogens with two attached hydrogens (primary N) is 1. The van der Waals surface area contributed by atoms with E-state index in [-0.39, 0.29) is 5.95 Å². The number of H-pyrrole nitrogens is 1. The second kappa shape index (κ2) is 5.77. The van der Waals surface area contributed by atoms with Gasteiger partial charge >= 0.3 is 0 Å². The molecule has 4 aromatic rings. The molecule has 5 rings (SSSR count). The second-order valence-corrected chi connectivity index (χ2v) is 7.42. The molecule has 26 heavy (non-hydrogen) atoms. The summed E-state index contributed by atoms with van der Waals surface area (Å²) >= 11 is 1.61. The quantitative estimate of drug-likeness (QED) is 0.506. The summed E-state index contributed by atoms with van der Waals surface area (Å²) in [4.78, 5) is 13.1. The minimum absolute atomic E-state index is 0.241. The molecule has 0 atom stereocenters. The maximum atomic E-state index is 5.90. The molecule has 0 saturated heterocycles. The number of rotatable bonds is 4. The van der Waals surface area contributed by atoms with Gasteiger partial charge in [0.2, 0.25) is 5.95 Å². The Morgan fingerprint density at radius 2 is 2.12 bits per heavy atom. The first-order chi connectivity index (χ1) is 12.7. The molecule has 0 unspecified atom stereocenters. The van der Waals surface area contributed by atoms with Crippen LogP contribution in [0.2, 0.25) is 0 Å². The van der Waals surface area contributed by atoms with Gasteiger partial charge in [0.05, 0.1) is 21.4 Å². The van der Waals surface area contributed by atoms with Crippen LogP contribution in [0.25, 0.3) is 21.3 Å². The number of aromatic nitrogens is 5. The van der Waals surface area contributed by atoms with Crippen LogP contribution in [0.3, 0.4) is 0 Å². The van der Waals surface area contributed by atoms with Gasteiger partial charge in [0.1, 0.15) is 5.82 Å². The highest BCUT2D eigenvalue weighted by atomic mass is 32.1. The molecule has 1 fully saturated rings. The molecule has 7 nitrogen and oxygen atoms in total. The monoisotopic (exact) mass is 363 g/mol. The smallest absolute Gasteiger partial charge is 0.222 e. The van der Waals surface area contributed by atoms with Gasteiger partial charge in [-0.15, -0.1) is 11.3 Å². The standard InChI is InChI=1S/C18H17N7S/c1-9-16(11-4-5-12-14(6-11)26-8-20-12)17(23-18(19)21-9)22-15-7-13(24-25-15)10-2-3-10/h4-8,10H,2-3H2,1H3,(H4,19,21,22,23,24,25). The van der Waals surface area contributed by atoms with Crippen molar-refractivity contribution >= 4 is 39.1 Å². The third-order valence-corrected chi connectivity index (χ3v) is 5.38. The van der Waals surface area contributed by atoms with E-state index >= 15 is 0 Å². The van der Waals surface area contributed by atoms with Crippen molar-refractivity contribution in [2.75, 3.05) is 11.1 Å². The SMILES string of the molecule is Cc1nc(N)nc(Nc2cc(C3CC3)[nH]n2)c1-c1ccc2ncsc2c1. The summed E-state index contributed by atoms with van der Waals surface area (Å²) in [6.45, 7) is 1.94. The number of nitrogens with one attached hydrogen (secondary N) is 2. The highest BCUT2D eigenvalue weighted by molar-refractivity contribution is 7.16. The van der Waals surface area contributed by atoms with Gasteiger partial charge in [0.25, 0.3) is 0 Å². The Balaban J connectivity index is 1.59. The van der Waals surface area contributed by atoms with Gasteiger partial charge in [0, 0.05) is 23.2 Å². The lowest BCUT2D eigenvalue weighted by atomic mass is 10.0. The van der Waals surface area contributed by atoms with Crippen molar-refractivity contribution in [2.24, 2.45) is 0 Å². The van der Waals surface area contributed by atoms with Crippen molar-refractivity contribution in [3.63, 3.8) is 0 Å². The lowest BCUT2D eigenvalue weighted by Gasteiger charge is -2.13. The largest absolute Gasteiger partial charge is 0.368 e. The number of aromatic amines is 1. The van der Waals surface area contributed by atoms with Crippen LogP contribution in [0.1, 0.15) is 30.1 Å². The topological polar surface area (TPSA) is 105 Å². The van der Waals surface area contributed by atoms with Crippen LogP contribution < -0.4 is 11.1 Å². The number of aryl methyl sites for hydroxylation is 1. The Labute approximate surface area is 153 Å². The second-order valence-electron chi connectivity index (χ2n) is 6.53. The fourth-order valence-electron chi connectivity index (χ4n) is 3.17. The molecule has 0 aliphatic heterocycles. The van der Waals surface area contributed by atoms with Crippen molar-refractivity contribution < 1.29 is 0 Å². The van der Waals surface area contributed by atoms with Crippen molar-refractivity contribution in [2.45, 2.75) is 25.7 Å². The fourth-order valence-corrected chi connectivity index (χ4v) is 3.88. The Kier molecular flexibility index (Phi) is 3.39. The van der Waals surface area contributed by atoms with Crippen LogP contribution in [-0.4, -0.2) is 25.1 Å². The van der Waals surface area contributed by atoms with E-state index in [0.717, 1.165) is 32.9 Å². The molecule has 0 radical (unpaired) electrons. The summed E-state index contributed by atoms with van der Waals surface area (Å²) in [6, 6.07) is 8.21. The Morgan fingerprint density at radius 1 is 1.23 bits per heavy atom. The fraction of sp³-hybridized carbons (Fsp3) is 0.222. The Bertz CT molecular complexity index is 1110. The molecule has 8 heteroatoms. The minimum atomic E-state index is 0.241. The first-order valence-electron chi connectivity index (χ1n) is 8.47. The van der Waals surface area contributed by atoms with Crippen LogP contribution in [0.4, 0.5) is 17.6 Å². The summed E-state index contributed by atoms with van der Waals surface area (Å²) in [5.41, 5.74) is 12.7. The van der Waals surface area contributed by atoms with E-state index < -0.39 is 0 Å². The Morgan fingerprint density at radius 3 is 2.96 bits per heavy atom. The molecule has 0 spiro atoms. The number of hydrogen-bond donors (Lipinski definition) is 3. The van der Waals surface area contributed by atoms with E-state index in [1.165, 1.54) is 18.5 Å². The predicted octanol–water partition coefficient (Wildman–Crippen LogP) is 3.99. The molecular weight excluding hydrogens is 346 g/mol. The van der Waals surface area contributed by atoms with Crippen LogP contribution >= 0.6 is 11.3 Å². The zero-order chi connectivity index (χ0) is 17.7. The van der Waals surface area contributed by atoms with Gasteiger partial charge in [-0.05, 0) is 37.5 Å². The van der Waals surface area contributed by atoms with E-state index in [4.69, 9.17) is 5.73 Å². The summed E-state index contributed by atoms with van der Waals surface area (Å²) in [7, 11) is 0. The number of nitrogens with zero attached hydrogens (tertiary/aromatic N) is 4. The van der Waals surface area contributed by atoms with Crippen molar-refractivity contribution in [3.8, 4) is 11.1 Å². The molecular formula is C18H17N7S. The van der Waals surface area contributed by atoms with Gasteiger partial charge in [-0.1, -0.05) is 6.07 Å². The van der Waals surface area contributed by atoms with Crippen LogP contribution in [0.15, 0.2) is 29.8 Å². The number of nitrogen functional groups attached to an aromatic ring is 1. The minimum Gasteiger partial charge on any atom is -0.368 e. The van der Waals surface area contributed by atoms with E-state index in [2.05, 4.69) is 36.5 Å². The number of benzene rings is 1. The molecule has 4 N–H and O–H groups in total. The number of fused-ring (bicyclic) bond motifs is 1. The van der Waals surface area contributed by atoms with E-state index in [1.807, 2.05) is 30.6 Å². The highest BCUT2D eigenvalue weighted by Crippen LogP contribution is 2.40. The summed E-state index contributed by atoms with van der Waals surface area (Å²) in [6.07, 6.45) is 2.45. The van der Waals surface area contributed by atoms with Gasteiger partial charge in [-0.2, -0.15) is 10.1 Å². The molecule has 3 heterocycles. The van der Waals surface area contributed by atoms with E-state index in [0.29, 0.717) is 11.7 Å². The van der Waals surface area contributed by atoms with Crippen molar-refractivity contribution in [1.29, 1.82) is 0 Å². The number of anilines is 3. The van der Waals surface area contributed by atoms with Crippen LogP contribution in [-0.2, 0) is 0 Å². The molecule has 3 aromatic heterocycles. The number of thiazole rings is 1. The zero-order valence-electron chi connectivity index (χ0n) is 14.2. The van der Waals surface area contributed by atoms with E-state index in [9.17, 15) is 0 Å². The Hall–Kier alpha value is -3.00. The first kappa shape index (κ1) is 15.3. The molecule has 1 saturated carbocycles. The molecule has 130 valence electrons. The summed E-state index contributed by atoms with van der Waals surface area (Å²) < 4.78 is 1.13. The zero-order valence-corrected chi connectivity index (χ0v) is 15.0. The van der Waals surface area contributed by atoms with Crippen LogP contribution in [0.5, 0.6) is 0 Å². The maximum Gasteiger partial charge on any atom is 0.222 e. The van der Waals surface area contributed by atoms with Crippen LogP contribution in [0, 0.1) is 6.92 Å². The molecule has 1 aliphatic rings. The van der Waals surface area contributed by atoms with Crippen molar-refractivity contribution in [3.05, 3.63) is 41.2 Å². The van der Waals surface area contributed by atoms with Gasteiger partial charge in [-0.3, -0.25) is 5.10 Å². The third kappa shape index (κ3) is 2.68. The molecule has 1 aromatic carbocycles. The average Bonchev–Trinajstić information content (AvgIpc) is 3.17. The van der Waals surface area contributed by atoms with Gasteiger partial charge in [-0.25, -0.2) is 9.97 Å². The van der Waals surface area contributed by atoms with Crippen molar-refractivity contribution in [1.82, 2.24) is 25.1 Å². The number of hydrogen-bond acceptors (Lipinski definition) is 7. The molecule has 0 amide bonds. The highest BCUT2D eigenvalue weighted by Gasteiger charge is 2.25.